The van der Waals surface area contributed by atoms with Crippen molar-refractivity contribution in [3.63, 3.8) is 0 Å². The first-order valence-corrected chi connectivity index (χ1v) is 13.6. The van der Waals surface area contributed by atoms with E-state index in [9.17, 15) is 19.8 Å². The van der Waals surface area contributed by atoms with Crippen LogP contribution in [0.25, 0.3) is 0 Å². The minimum absolute atomic E-state index is 0.0137. The van der Waals surface area contributed by atoms with Crippen LogP contribution in [0.3, 0.4) is 0 Å². The van der Waals surface area contributed by atoms with Crippen molar-refractivity contribution in [1.29, 1.82) is 0 Å². The van der Waals surface area contributed by atoms with E-state index in [1.807, 2.05) is 31.2 Å². The molecule has 0 radical (unpaired) electrons. The van der Waals surface area contributed by atoms with Gasteiger partial charge in [-0.05, 0) is 84.0 Å². The smallest absolute Gasteiger partial charge is 0.347 e. The Balaban J connectivity index is 1.67. The van der Waals surface area contributed by atoms with E-state index in [0.717, 1.165) is 22.9 Å². The molecule has 198 valence electrons. The molecule has 1 aromatic carbocycles. The average molecular weight is 566 g/mol. The molecule has 8 heteroatoms. The molecule has 0 heterocycles. The Kier molecular flexibility index (Phi) is 10.6. The number of aliphatic hydroxyl groups is 2. The lowest BCUT2D eigenvalue weighted by atomic mass is 9.66. The predicted molar refractivity (Wildman–Crippen MR) is 139 cm³/mol. The van der Waals surface area contributed by atoms with Gasteiger partial charge in [0.1, 0.15) is 11.9 Å². The fourth-order valence-corrected chi connectivity index (χ4v) is 5.65. The first-order chi connectivity index (χ1) is 17.2. The van der Waals surface area contributed by atoms with Gasteiger partial charge < -0.3 is 24.8 Å². The van der Waals surface area contributed by atoms with Gasteiger partial charge in [0.2, 0.25) is 0 Å². The van der Waals surface area contributed by atoms with Gasteiger partial charge in [0.05, 0.1) is 23.1 Å². The summed E-state index contributed by atoms with van der Waals surface area (Å²) in [7, 11) is 0. The largest absolute Gasteiger partial charge is 0.481 e. The van der Waals surface area contributed by atoms with Gasteiger partial charge in [-0.3, -0.25) is 4.79 Å². The highest BCUT2D eigenvalue weighted by Crippen LogP contribution is 2.44. The zero-order valence-electron chi connectivity index (χ0n) is 20.9. The second kappa shape index (κ2) is 13.4. The SMILES string of the molecule is CCC(Oc1ccccc1Br)C(=O)OC1CCC=C2C=CC(C)C(CCC(O)CC(O)CC(=O)O)C21. The maximum absolute atomic E-state index is 13.2. The molecule has 7 nitrogen and oxygen atoms in total. The van der Waals surface area contributed by atoms with Crippen molar-refractivity contribution in [1.82, 2.24) is 0 Å². The van der Waals surface area contributed by atoms with E-state index >= 15 is 0 Å². The Morgan fingerprint density at radius 2 is 1.94 bits per heavy atom. The third-order valence-corrected chi connectivity index (χ3v) is 7.80. The van der Waals surface area contributed by atoms with Crippen LogP contribution in [-0.4, -0.2) is 51.7 Å². The van der Waals surface area contributed by atoms with E-state index in [-0.39, 0.29) is 42.7 Å². The van der Waals surface area contributed by atoms with Crippen LogP contribution < -0.4 is 4.74 Å². The number of hydrogen-bond acceptors (Lipinski definition) is 6. The maximum atomic E-state index is 13.2. The van der Waals surface area contributed by atoms with E-state index in [2.05, 4.69) is 41.1 Å². The lowest BCUT2D eigenvalue weighted by Crippen LogP contribution is -2.42. The number of hydrogen-bond donors (Lipinski definition) is 3. The second-order valence-corrected chi connectivity index (χ2v) is 10.7. The number of ether oxygens (including phenoxy) is 2. The van der Waals surface area contributed by atoms with Gasteiger partial charge in [0.15, 0.2) is 6.10 Å². The number of carbonyl (C=O) groups excluding carboxylic acids is 1. The maximum Gasteiger partial charge on any atom is 0.347 e. The first kappa shape index (κ1) is 28.4. The number of carboxylic acids is 1. The Morgan fingerprint density at radius 3 is 2.64 bits per heavy atom. The molecule has 0 saturated heterocycles. The summed E-state index contributed by atoms with van der Waals surface area (Å²) in [6, 6.07) is 7.41. The van der Waals surface area contributed by atoms with Crippen molar-refractivity contribution in [2.45, 2.75) is 83.2 Å². The van der Waals surface area contributed by atoms with Gasteiger partial charge in [-0.2, -0.15) is 0 Å². The molecule has 7 unspecified atom stereocenters. The molecular weight excluding hydrogens is 528 g/mol. The zero-order valence-corrected chi connectivity index (χ0v) is 22.5. The molecule has 0 aliphatic heterocycles. The molecular formula is C28H37BrO7. The topological polar surface area (TPSA) is 113 Å². The first-order valence-electron chi connectivity index (χ1n) is 12.8. The molecule has 3 rings (SSSR count). The van der Waals surface area contributed by atoms with Crippen molar-refractivity contribution in [2.24, 2.45) is 17.8 Å². The summed E-state index contributed by atoms with van der Waals surface area (Å²) >= 11 is 3.46. The standard InChI is InChI=1S/C28H37BrO7/c1-3-23(35-24-9-5-4-8-22(24)29)28(34)36-25-10-6-7-18-12-11-17(2)21(27(18)25)14-13-19(30)15-20(31)16-26(32)33/h4-5,7-9,11-12,17,19-21,23,25,27,30-31H,3,6,10,13-16H2,1-2H3,(H,32,33). The average Bonchev–Trinajstić information content (AvgIpc) is 2.82. The monoisotopic (exact) mass is 564 g/mol. The predicted octanol–water partition coefficient (Wildman–Crippen LogP) is 5.04. The lowest BCUT2D eigenvalue weighted by Gasteiger charge is -2.42. The summed E-state index contributed by atoms with van der Waals surface area (Å²) in [6.07, 6.45) is 6.38. The third-order valence-electron chi connectivity index (χ3n) is 7.14. The van der Waals surface area contributed by atoms with Crippen LogP contribution in [0.15, 0.2) is 52.5 Å². The van der Waals surface area contributed by atoms with Crippen LogP contribution in [0, 0.1) is 17.8 Å². The zero-order chi connectivity index (χ0) is 26.2. The van der Waals surface area contributed by atoms with Crippen LogP contribution in [0.2, 0.25) is 0 Å². The fraction of sp³-hybridized carbons (Fsp3) is 0.571. The van der Waals surface area contributed by atoms with Gasteiger partial charge in [-0.25, -0.2) is 4.79 Å². The van der Waals surface area contributed by atoms with E-state index in [4.69, 9.17) is 14.6 Å². The van der Waals surface area contributed by atoms with Gasteiger partial charge >= 0.3 is 11.9 Å². The number of benzene rings is 1. The minimum atomic E-state index is -1.09. The molecule has 0 fully saturated rings. The van der Waals surface area contributed by atoms with Crippen molar-refractivity contribution in [3.05, 3.63) is 52.5 Å². The quantitative estimate of drug-likeness (QED) is 0.304. The normalized spacial score (nSPS) is 25.8. The summed E-state index contributed by atoms with van der Waals surface area (Å²) in [5.41, 5.74) is 1.15. The van der Waals surface area contributed by atoms with E-state index in [0.29, 0.717) is 25.0 Å². The number of aliphatic carboxylic acids is 1. The summed E-state index contributed by atoms with van der Waals surface area (Å²) in [6.45, 7) is 4.02. The summed E-state index contributed by atoms with van der Waals surface area (Å²) in [5, 5.41) is 29.1. The Hall–Kier alpha value is -2.16. The van der Waals surface area contributed by atoms with Crippen LogP contribution >= 0.6 is 15.9 Å². The van der Waals surface area contributed by atoms with Crippen LogP contribution in [-0.2, 0) is 14.3 Å². The lowest BCUT2D eigenvalue weighted by molar-refractivity contribution is -0.162. The minimum Gasteiger partial charge on any atom is -0.481 e. The number of allylic oxidation sites excluding steroid dienone is 3. The number of esters is 1. The Labute approximate surface area is 221 Å². The van der Waals surface area contributed by atoms with E-state index in [1.54, 1.807) is 0 Å². The number of rotatable bonds is 12. The molecule has 3 N–H and O–H groups in total. The highest BCUT2D eigenvalue weighted by atomic mass is 79.9. The molecule has 0 saturated carbocycles. The Morgan fingerprint density at radius 1 is 1.19 bits per heavy atom. The third kappa shape index (κ3) is 7.67. The highest BCUT2D eigenvalue weighted by molar-refractivity contribution is 9.10. The van der Waals surface area contributed by atoms with Gasteiger partial charge in [0.25, 0.3) is 0 Å². The molecule has 1 aromatic rings. The summed E-state index contributed by atoms with van der Waals surface area (Å²) in [5.74, 6) is -0.485. The summed E-state index contributed by atoms with van der Waals surface area (Å²) in [4.78, 5) is 24.0. The van der Waals surface area contributed by atoms with Gasteiger partial charge in [-0.15, -0.1) is 0 Å². The molecule has 2 aliphatic carbocycles. The van der Waals surface area contributed by atoms with E-state index < -0.39 is 24.3 Å². The second-order valence-electron chi connectivity index (χ2n) is 9.83. The molecule has 7 atom stereocenters. The van der Waals surface area contributed by atoms with Crippen molar-refractivity contribution >= 4 is 27.9 Å². The van der Waals surface area contributed by atoms with Crippen molar-refractivity contribution in [2.75, 3.05) is 0 Å². The van der Waals surface area contributed by atoms with Gasteiger partial charge in [-0.1, -0.05) is 44.2 Å². The summed E-state index contributed by atoms with van der Waals surface area (Å²) < 4.78 is 12.8. The number of carboxylic acid groups (broad SMARTS) is 1. The number of halogens is 1. The molecule has 0 bridgehead atoms. The molecule has 36 heavy (non-hydrogen) atoms. The highest BCUT2D eigenvalue weighted by Gasteiger charge is 2.41. The number of para-hydroxylation sites is 1. The Bertz CT molecular complexity index is 959. The van der Waals surface area contributed by atoms with Crippen LogP contribution in [0.5, 0.6) is 5.75 Å². The molecule has 0 amide bonds. The van der Waals surface area contributed by atoms with Crippen molar-refractivity contribution in [3.8, 4) is 5.75 Å². The van der Waals surface area contributed by atoms with Crippen LogP contribution in [0.1, 0.15) is 58.8 Å². The molecule has 2 aliphatic rings. The van der Waals surface area contributed by atoms with Gasteiger partial charge in [0, 0.05) is 5.92 Å². The molecule has 0 spiro atoms. The number of aliphatic hydroxyl groups excluding tert-OH is 2. The number of fused-ring (bicyclic) bond motifs is 1. The van der Waals surface area contributed by atoms with Crippen LogP contribution in [0.4, 0.5) is 0 Å². The van der Waals surface area contributed by atoms with Crippen molar-refractivity contribution < 1.29 is 34.4 Å². The fourth-order valence-electron chi connectivity index (χ4n) is 5.27. The molecule has 0 aromatic heterocycles. The van der Waals surface area contributed by atoms with E-state index in [1.165, 1.54) is 0 Å². The number of carbonyl (C=O) groups is 2.